The first-order valence-electron chi connectivity index (χ1n) is 9.36. The number of hydrogen-bond acceptors (Lipinski definition) is 2. The van der Waals surface area contributed by atoms with E-state index in [9.17, 15) is 9.59 Å². The zero-order valence-corrected chi connectivity index (χ0v) is 15.7. The molecule has 0 bridgehead atoms. The van der Waals surface area contributed by atoms with Crippen molar-refractivity contribution in [2.45, 2.75) is 58.0 Å². The van der Waals surface area contributed by atoms with E-state index >= 15 is 0 Å². The van der Waals surface area contributed by atoms with E-state index in [1.54, 1.807) is 24.3 Å². The standard InChI is InChI=1S/C20H27ClN2O2/c1-3-12(2)17(22-19(24)15-8-10-16(21)11-9-15)20(25)23-18(13-4-5-13)14-6-7-14/h8-14,17-18H,3-7H2,1-2H3,(H,22,24)(H,23,25). The van der Waals surface area contributed by atoms with Crippen LogP contribution in [0.3, 0.4) is 0 Å². The van der Waals surface area contributed by atoms with Crippen LogP contribution in [0.4, 0.5) is 0 Å². The van der Waals surface area contributed by atoms with Crippen LogP contribution in [-0.4, -0.2) is 23.9 Å². The Morgan fingerprint density at radius 1 is 1.08 bits per heavy atom. The predicted molar refractivity (Wildman–Crippen MR) is 99.5 cm³/mol. The van der Waals surface area contributed by atoms with Gasteiger partial charge >= 0.3 is 0 Å². The Balaban J connectivity index is 1.66. The van der Waals surface area contributed by atoms with Gasteiger partial charge in [-0.25, -0.2) is 0 Å². The van der Waals surface area contributed by atoms with Gasteiger partial charge in [0.05, 0.1) is 0 Å². The van der Waals surface area contributed by atoms with Crippen LogP contribution in [0.5, 0.6) is 0 Å². The van der Waals surface area contributed by atoms with Gasteiger partial charge in [0, 0.05) is 16.6 Å². The molecule has 25 heavy (non-hydrogen) atoms. The lowest BCUT2D eigenvalue weighted by Gasteiger charge is -2.27. The van der Waals surface area contributed by atoms with Crippen molar-refractivity contribution in [2.24, 2.45) is 17.8 Å². The molecule has 136 valence electrons. The Labute approximate surface area is 154 Å². The first kappa shape index (κ1) is 18.2. The normalized spacial score (nSPS) is 19.4. The Morgan fingerprint density at radius 3 is 2.12 bits per heavy atom. The molecule has 2 amide bonds. The number of carbonyl (C=O) groups excluding carboxylic acids is 2. The molecule has 4 nitrogen and oxygen atoms in total. The smallest absolute Gasteiger partial charge is 0.251 e. The van der Waals surface area contributed by atoms with Crippen LogP contribution >= 0.6 is 11.6 Å². The van der Waals surface area contributed by atoms with Crippen LogP contribution in [0.25, 0.3) is 0 Å². The molecule has 3 rings (SSSR count). The van der Waals surface area contributed by atoms with Gasteiger partial charge in [0.25, 0.3) is 5.91 Å². The summed E-state index contributed by atoms with van der Waals surface area (Å²) in [5.74, 6) is 1.09. The second-order valence-corrected chi connectivity index (χ2v) is 7.99. The minimum atomic E-state index is -0.506. The molecule has 0 aromatic heterocycles. The van der Waals surface area contributed by atoms with Gasteiger partial charge in [0.15, 0.2) is 0 Å². The van der Waals surface area contributed by atoms with E-state index in [4.69, 9.17) is 11.6 Å². The molecule has 0 aliphatic heterocycles. The Bertz CT molecular complexity index is 611. The monoisotopic (exact) mass is 362 g/mol. The van der Waals surface area contributed by atoms with Crippen LogP contribution < -0.4 is 10.6 Å². The minimum absolute atomic E-state index is 0.0412. The first-order chi connectivity index (χ1) is 12.0. The van der Waals surface area contributed by atoms with Crippen LogP contribution in [0.2, 0.25) is 5.02 Å². The number of nitrogens with one attached hydrogen (secondary N) is 2. The van der Waals surface area contributed by atoms with E-state index in [-0.39, 0.29) is 17.7 Å². The molecule has 2 N–H and O–H groups in total. The molecule has 2 aliphatic carbocycles. The van der Waals surface area contributed by atoms with Crippen molar-refractivity contribution < 1.29 is 9.59 Å². The fourth-order valence-electron chi connectivity index (χ4n) is 3.31. The van der Waals surface area contributed by atoms with Crippen molar-refractivity contribution in [3.63, 3.8) is 0 Å². The SMILES string of the molecule is CCC(C)C(NC(=O)c1ccc(Cl)cc1)C(=O)NC(C1CC1)C1CC1. The highest BCUT2D eigenvalue weighted by molar-refractivity contribution is 6.30. The molecule has 0 saturated heterocycles. The quantitative estimate of drug-likeness (QED) is 0.739. The van der Waals surface area contributed by atoms with Crippen molar-refractivity contribution in [3.8, 4) is 0 Å². The van der Waals surface area contributed by atoms with Crippen LogP contribution in [0, 0.1) is 17.8 Å². The number of benzene rings is 1. The van der Waals surface area contributed by atoms with Crippen molar-refractivity contribution in [1.82, 2.24) is 10.6 Å². The number of rotatable bonds is 8. The first-order valence-corrected chi connectivity index (χ1v) is 9.74. The molecule has 0 heterocycles. The summed E-state index contributed by atoms with van der Waals surface area (Å²) in [5, 5.41) is 6.77. The second-order valence-electron chi connectivity index (χ2n) is 7.55. The van der Waals surface area contributed by atoms with Crippen molar-refractivity contribution in [3.05, 3.63) is 34.9 Å². The molecule has 5 heteroatoms. The van der Waals surface area contributed by atoms with E-state index in [0.29, 0.717) is 28.5 Å². The molecule has 0 radical (unpaired) electrons. The van der Waals surface area contributed by atoms with Gasteiger partial charge in [-0.3, -0.25) is 9.59 Å². The second kappa shape index (κ2) is 7.77. The molecule has 2 unspecified atom stereocenters. The van der Waals surface area contributed by atoms with Gasteiger partial charge in [-0.1, -0.05) is 31.9 Å². The van der Waals surface area contributed by atoms with Gasteiger partial charge in [0.2, 0.25) is 5.91 Å². The summed E-state index contributed by atoms with van der Waals surface area (Å²) in [5.41, 5.74) is 0.520. The van der Waals surface area contributed by atoms with Gasteiger partial charge in [-0.05, 0) is 67.7 Å². The van der Waals surface area contributed by atoms with Crippen molar-refractivity contribution >= 4 is 23.4 Å². The van der Waals surface area contributed by atoms with E-state index in [1.165, 1.54) is 25.7 Å². The lowest BCUT2D eigenvalue weighted by molar-refractivity contribution is -0.125. The number of amides is 2. The van der Waals surface area contributed by atoms with E-state index in [0.717, 1.165) is 6.42 Å². The molecule has 2 aliphatic rings. The van der Waals surface area contributed by atoms with Crippen LogP contribution in [0.1, 0.15) is 56.3 Å². The maximum absolute atomic E-state index is 12.9. The molecule has 2 atom stereocenters. The highest BCUT2D eigenvalue weighted by atomic mass is 35.5. The summed E-state index contributed by atoms with van der Waals surface area (Å²) in [6.45, 7) is 4.05. The van der Waals surface area contributed by atoms with E-state index in [1.807, 2.05) is 13.8 Å². The Hall–Kier alpha value is -1.55. The largest absolute Gasteiger partial charge is 0.351 e. The van der Waals surface area contributed by atoms with Crippen LogP contribution in [0.15, 0.2) is 24.3 Å². The zero-order valence-electron chi connectivity index (χ0n) is 14.9. The highest BCUT2D eigenvalue weighted by Gasteiger charge is 2.43. The fourth-order valence-corrected chi connectivity index (χ4v) is 3.44. The molecular weight excluding hydrogens is 336 g/mol. The maximum Gasteiger partial charge on any atom is 0.251 e. The predicted octanol–water partition coefficient (Wildman–Crippen LogP) is 3.79. The Kier molecular flexibility index (Phi) is 5.67. The fraction of sp³-hybridized carbons (Fsp3) is 0.600. The van der Waals surface area contributed by atoms with Gasteiger partial charge in [0.1, 0.15) is 6.04 Å². The highest BCUT2D eigenvalue weighted by Crippen LogP contribution is 2.44. The topological polar surface area (TPSA) is 58.2 Å². The number of halogens is 1. The molecule has 0 spiro atoms. The summed E-state index contributed by atoms with van der Waals surface area (Å²) in [7, 11) is 0. The lowest BCUT2D eigenvalue weighted by atomic mass is 9.96. The summed E-state index contributed by atoms with van der Waals surface area (Å²) < 4.78 is 0. The van der Waals surface area contributed by atoms with Crippen molar-refractivity contribution in [2.75, 3.05) is 0 Å². The molecule has 2 fully saturated rings. The number of hydrogen-bond donors (Lipinski definition) is 2. The third kappa shape index (κ3) is 4.75. The average Bonchev–Trinajstić information content (AvgIpc) is 3.49. The van der Waals surface area contributed by atoms with Crippen molar-refractivity contribution in [1.29, 1.82) is 0 Å². The minimum Gasteiger partial charge on any atom is -0.351 e. The molecule has 1 aromatic carbocycles. The van der Waals surface area contributed by atoms with E-state index in [2.05, 4.69) is 10.6 Å². The van der Waals surface area contributed by atoms with Crippen LogP contribution in [-0.2, 0) is 4.79 Å². The average molecular weight is 363 g/mol. The van der Waals surface area contributed by atoms with Gasteiger partial charge in [-0.15, -0.1) is 0 Å². The van der Waals surface area contributed by atoms with E-state index < -0.39 is 6.04 Å². The Morgan fingerprint density at radius 2 is 1.64 bits per heavy atom. The molecule has 1 aromatic rings. The summed E-state index contributed by atoms with van der Waals surface area (Å²) in [4.78, 5) is 25.4. The lowest BCUT2D eigenvalue weighted by Crippen LogP contribution is -2.53. The third-order valence-corrected chi connectivity index (χ3v) is 5.71. The maximum atomic E-state index is 12.9. The van der Waals surface area contributed by atoms with Gasteiger partial charge < -0.3 is 10.6 Å². The summed E-state index contributed by atoms with van der Waals surface area (Å²) in [6.07, 6.45) is 5.69. The summed E-state index contributed by atoms with van der Waals surface area (Å²) in [6, 6.07) is 6.52. The third-order valence-electron chi connectivity index (χ3n) is 5.46. The summed E-state index contributed by atoms with van der Waals surface area (Å²) >= 11 is 5.88. The molecule has 2 saturated carbocycles. The number of carbonyl (C=O) groups is 2. The zero-order chi connectivity index (χ0) is 18.0. The van der Waals surface area contributed by atoms with Gasteiger partial charge in [-0.2, -0.15) is 0 Å². The molecular formula is C20H27ClN2O2.